The predicted octanol–water partition coefficient (Wildman–Crippen LogP) is 5.28. The number of nitrogens with one attached hydrogen (secondary N) is 1. The quantitative estimate of drug-likeness (QED) is 0.573. The van der Waals surface area contributed by atoms with Gasteiger partial charge in [-0.15, -0.1) is 0 Å². The maximum absolute atomic E-state index is 14.2. The Morgan fingerprint density at radius 3 is 2.43 bits per heavy atom. The average Bonchev–Trinajstić information content (AvgIpc) is 2.94. The molecule has 1 heterocycles. The van der Waals surface area contributed by atoms with Gasteiger partial charge in [0.05, 0.1) is 12.0 Å². The summed E-state index contributed by atoms with van der Waals surface area (Å²) in [7, 11) is 1.47. The van der Waals surface area contributed by atoms with Crippen LogP contribution in [0.5, 0.6) is 0 Å². The second-order valence-corrected chi connectivity index (χ2v) is 7.32. The monoisotopic (exact) mass is 451 g/mol. The van der Waals surface area contributed by atoms with Gasteiger partial charge in [-0.25, -0.2) is 4.39 Å². The summed E-state index contributed by atoms with van der Waals surface area (Å²) in [4.78, 5) is 12.5. The number of nitrogens with zero attached hydrogens (tertiary/aromatic N) is 2. The van der Waals surface area contributed by atoms with Crippen LogP contribution in [0, 0.1) is 5.82 Å². The number of rotatable bonds is 5. The Bertz CT molecular complexity index is 1010. The molecule has 3 rings (SSSR count). The van der Waals surface area contributed by atoms with E-state index in [4.69, 9.17) is 0 Å². The van der Waals surface area contributed by atoms with Crippen LogP contribution in [0.15, 0.2) is 53.0 Å². The molecule has 8 heteroatoms. The first-order valence-corrected chi connectivity index (χ1v) is 9.20. The van der Waals surface area contributed by atoms with Crippen molar-refractivity contribution in [3.05, 3.63) is 70.1 Å². The third-order valence-electron chi connectivity index (χ3n) is 4.16. The third-order valence-corrected chi connectivity index (χ3v) is 4.69. The molecule has 0 atom stereocenters. The lowest BCUT2D eigenvalue weighted by Crippen LogP contribution is -2.18. The third kappa shape index (κ3) is 4.27. The summed E-state index contributed by atoms with van der Waals surface area (Å²) in [6, 6.07) is 12.6. The molecule has 0 radical (unpaired) electrons. The molecule has 0 saturated carbocycles. The highest BCUT2D eigenvalue weighted by Gasteiger charge is 2.35. The molecule has 0 aliphatic carbocycles. The van der Waals surface area contributed by atoms with Crippen LogP contribution in [0.2, 0.25) is 0 Å². The minimum atomic E-state index is -3.21. The summed E-state index contributed by atoms with van der Waals surface area (Å²) in [5.74, 6) is -4.12. The van der Waals surface area contributed by atoms with Gasteiger partial charge in [-0.05, 0) is 29.3 Å². The van der Waals surface area contributed by atoms with Crippen LogP contribution in [0.3, 0.4) is 0 Å². The smallest absolute Gasteiger partial charge is 0.289 e. The van der Waals surface area contributed by atoms with Gasteiger partial charge >= 0.3 is 0 Å². The topological polar surface area (TPSA) is 46.9 Å². The van der Waals surface area contributed by atoms with Crippen LogP contribution >= 0.6 is 15.9 Å². The molecule has 146 valence electrons. The lowest BCUT2D eigenvalue weighted by Gasteiger charge is -2.12. The molecule has 4 nitrogen and oxygen atoms in total. The number of carbonyl (C=O) groups is 1. The zero-order valence-electron chi connectivity index (χ0n) is 15.1. The fourth-order valence-corrected chi connectivity index (χ4v) is 3.12. The molecule has 0 bridgehead atoms. The van der Waals surface area contributed by atoms with Gasteiger partial charge in [-0.1, -0.05) is 46.3 Å². The van der Waals surface area contributed by atoms with Crippen molar-refractivity contribution in [1.82, 2.24) is 9.78 Å². The molecule has 2 aromatic carbocycles. The second-order valence-electron chi connectivity index (χ2n) is 6.41. The highest BCUT2D eigenvalue weighted by Crippen LogP contribution is 2.40. The zero-order chi connectivity index (χ0) is 20.5. The number of benzene rings is 2. The van der Waals surface area contributed by atoms with E-state index in [2.05, 4.69) is 26.3 Å². The number of anilines is 1. The Balaban J connectivity index is 2.00. The Labute approximate surface area is 168 Å². The number of amides is 1. The summed E-state index contributed by atoms with van der Waals surface area (Å²) in [6.45, 7) is 0.753. The van der Waals surface area contributed by atoms with E-state index < -0.39 is 23.3 Å². The molecule has 0 saturated heterocycles. The number of hydrogen-bond acceptors (Lipinski definition) is 2. The van der Waals surface area contributed by atoms with Gasteiger partial charge in [0, 0.05) is 18.4 Å². The predicted molar refractivity (Wildman–Crippen MR) is 105 cm³/mol. The van der Waals surface area contributed by atoms with Crippen molar-refractivity contribution in [2.24, 2.45) is 7.05 Å². The number of alkyl halides is 2. The molecule has 0 fully saturated rings. The Morgan fingerprint density at radius 2 is 1.82 bits per heavy atom. The van der Waals surface area contributed by atoms with Crippen molar-refractivity contribution in [2.75, 3.05) is 5.32 Å². The first kappa shape index (κ1) is 20.1. The minimum absolute atomic E-state index is 0.125. The van der Waals surface area contributed by atoms with E-state index in [-0.39, 0.29) is 23.4 Å². The van der Waals surface area contributed by atoms with Crippen molar-refractivity contribution in [1.29, 1.82) is 0 Å². The van der Waals surface area contributed by atoms with Crippen LogP contribution < -0.4 is 5.32 Å². The van der Waals surface area contributed by atoms with E-state index in [1.54, 1.807) is 30.3 Å². The van der Waals surface area contributed by atoms with E-state index in [9.17, 15) is 18.0 Å². The van der Waals surface area contributed by atoms with Gasteiger partial charge in [0.15, 0.2) is 0 Å². The summed E-state index contributed by atoms with van der Waals surface area (Å²) in [5.41, 5.74) is 0.380. The molecule has 0 spiro atoms. The molecular weight excluding hydrogens is 435 g/mol. The van der Waals surface area contributed by atoms with Crippen LogP contribution in [0.25, 0.3) is 11.1 Å². The number of halogens is 4. The van der Waals surface area contributed by atoms with Crippen molar-refractivity contribution in [3.63, 3.8) is 0 Å². The maximum atomic E-state index is 14.2. The van der Waals surface area contributed by atoms with Crippen LogP contribution in [0.1, 0.15) is 18.2 Å². The summed E-state index contributed by atoms with van der Waals surface area (Å²) < 4.78 is 44.1. The Hall–Kier alpha value is -2.61. The summed E-state index contributed by atoms with van der Waals surface area (Å²) in [6.07, 6.45) is -0.227. The fourth-order valence-electron chi connectivity index (χ4n) is 2.86. The normalized spacial score (nSPS) is 11.5. The first-order chi connectivity index (χ1) is 13.2. The second kappa shape index (κ2) is 7.79. The minimum Gasteiger partial charge on any atom is -0.310 e. The highest BCUT2D eigenvalue weighted by atomic mass is 79.9. The summed E-state index contributed by atoms with van der Waals surface area (Å²) in [5, 5.41) is 6.53. The van der Waals surface area contributed by atoms with Gasteiger partial charge in [-0.2, -0.15) is 13.9 Å². The largest absolute Gasteiger partial charge is 0.310 e. The van der Waals surface area contributed by atoms with Crippen LogP contribution in [-0.2, 0) is 24.2 Å². The number of hydrogen-bond donors (Lipinski definition) is 1. The van der Waals surface area contributed by atoms with Crippen LogP contribution in [-0.4, -0.2) is 15.7 Å². The zero-order valence-corrected chi connectivity index (χ0v) is 16.7. The fraction of sp³-hybridized carbons (Fsp3) is 0.200. The molecule has 1 aromatic heterocycles. The van der Waals surface area contributed by atoms with E-state index in [0.29, 0.717) is 5.56 Å². The number of aromatic nitrogens is 2. The molecule has 0 aliphatic heterocycles. The molecule has 28 heavy (non-hydrogen) atoms. The molecule has 1 N–H and O–H groups in total. The molecular formula is C20H17BrF3N3O. The first-order valence-electron chi connectivity index (χ1n) is 8.41. The van der Waals surface area contributed by atoms with Gasteiger partial charge in [0.1, 0.15) is 17.3 Å². The van der Waals surface area contributed by atoms with Crippen molar-refractivity contribution < 1.29 is 18.0 Å². The molecule has 0 aliphatic rings. The molecule has 3 aromatic rings. The van der Waals surface area contributed by atoms with Crippen LogP contribution in [0.4, 0.5) is 19.0 Å². The van der Waals surface area contributed by atoms with Gasteiger partial charge in [0.25, 0.3) is 5.92 Å². The van der Waals surface area contributed by atoms with Crippen molar-refractivity contribution in [3.8, 4) is 11.1 Å². The van der Waals surface area contributed by atoms with Gasteiger partial charge in [-0.3, -0.25) is 9.48 Å². The van der Waals surface area contributed by atoms with Gasteiger partial charge < -0.3 is 5.32 Å². The van der Waals surface area contributed by atoms with E-state index in [1.807, 2.05) is 0 Å². The molecule has 0 unspecified atom stereocenters. The lowest BCUT2D eigenvalue weighted by molar-refractivity contribution is -0.115. The lowest BCUT2D eigenvalue weighted by atomic mass is 10.0. The molecule has 1 amide bonds. The number of carbonyl (C=O) groups excluding carboxylic acids is 1. The van der Waals surface area contributed by atoms with E-state index >= 15 is 0 Å². The highest BCUT2D eigenvalue weighted by molar-refractivity contribution is 9.10. The van der Waals surface area contributed by atoms with Crippen molar-refractivity contribution >= 4 is 27.7 Å². The van der Waals surface area contributed by atoms with Gasteiger partial charge in [0.2, 0.25) is 5.91 Å². The SMILES string of the molecule is Cn1nc(C(C)(F)F)c(-c2ccc(Br)cc2)c1NC(=O)Cc1ccccc1F. The van der Waals surface area contributed by atoms with Crippen molar-refractivity contribution in [2.45, 2.75) is 19.3 Å². The van der Waals surface area contributed by atoms with E-state index in [1.165, 1.54) is 29.9 Å². The standard InChI is InChI=1S/C20H17BrF3N3O/c1-20(23,24)18-17(12-7-9-14(21)10-8-12)19(27(2)26-18)25-16(28)11-13-5-3-4-6-15(13)22/h3-10H,11H2,1-2H3,(H,25,28). The Morgan fingerprint density at radius 1 is 1.18 bits per heavy atom. The Kier molecular flexibility index (Phi) is 5.60. The summed E-state index contributed by atoms with van der Waals surface area (Å²) >= 11 is 3.31. The van der Waals surface area contributed by atoms with E-state index in [0.717, 1.165) is 11.4 Å². The average molecular weight is 452 g/mol. The number of aryl methyl sites for hydroxylation is 1. The maximum Gasteiger partial charge on any atom is 0.289 e.